The summed E-state index contributed by atoms with van der Waals surface area (Å²) in [6, 6.07) is 0. The fraction of sp³-hybridized carbons (Fsp3) is 0.200. The molecule has 0 saturated heterocycles. The van der Waals surface area contributed by atoms with Crippen LogP contribution in [0.3, 0.4) is 0 Å². The Morgan fingerprint density at radius 2 is 2.57 bits per heavy atom. The van der Waals surface area contributed by atoms with Gasteiger partial charge in [0.25, 0.3) is 0 Å². The number of allylic oxidation sites excluding steroid dienone is 1. The third-order valence-electron chi connectivity index (χ3n) is 0.764. The lowest BCUT2D eigenvalue weighted by molar-refractivity contribution is 1.30. The Morgan fingerprint density at radius 1 is 1.71 bits per heavy atom. The molecule has 1 aliphatic heterocycles. The number of nitrogens with zero attached hydrogens (tertiary/aromatic N) is 1. The number of dihydropyridines is 1. The Balaban J connectivity index is 2.66. The average molecular weight is 94.1 g/mol. The maximum absolute atomic E-state index is 6.94. The molecule has 0 aromatic carbocycles. The zero-order chi connectivity index (χ0) is 5.11. The van der Waals surface area contributed by atoms with E-state index < -0.39 is 0 Å². The summed E-state index contributed by atoms with van der Waals surface area (Å²) in [6.45, 7) is 0. The maximum atomic E-state index is 6.94. The van der Waals surface area contributed by atoms with Gasteiger partial charge in [0.05, 0.1) is 0 Å². The first-order valence-corrected chi connectivity index (χ1v) is 2.16. The number of hydrogen-bond acceptors (Lipinski definition) is 1. The van der Waals surface area contributed by atoms with Crippen molar-refractivity contribution in [2.45, 2.75) is 6.42 Å². The number of nitrogens with one attached hydrogen (secondary N) is 1. The zero-order valence-electron chi connectivity index (χ0n) is 3.89. The third kappa shape index (κ3) is 0.961. The van der Waals surface area contributed by atoms with Gasteiger partial charge in [-0.1, -0.05) is 6.08 Å². The molecule has 7 heavy (non-hydrogen) atoms. The predicted octanol–water partition coefficient (Wildman–Crippen LogP) is 0.994. The lowest BCUT2D eigenvalue weighted by Crippen LogP contribution is -1.92. The molecule has 0 aromatic heterocycles. The summed E-state index contributed by atoms with van der Waals surface area (Å²) >= 11 is 0. The minimum Gasteiger partial charge on any atom is -0.286 e. The van der Waals surface area contributed by atoms with Gasteiger partial charge in [-0.15, -0.1) is 0 Å². The molecule has 0 aromatic rings. The number of aliphatic imine (C=N–C) groups is 1. The first-order valence-electron chi connectivity index (χ1n) is 2.16. The van der Waals surface area contributed by atoms with Gasteiger partial charge in [-0.2, -0.15) is 0 Å². The normalized spacial score (nSPS) is 18.0. The van der Waals surface area contributed by atoms with Crippen molar-refractivity contribution in [3.8, 4) is 0 Å². The van der Waals surface area contributed by atoms with Crippen molar-refractivity contribution in [3.05, 3.63) is 12.2 Å². The fourth-order valence-corrected chi connectivity index (χ4v) is 0.426. The van der Waals surface area contributed by atoms with E-state index in [4.69, 9.17) is 5.41 Å². The van der Waals surface area contributed by atoms with Gasteiger partial charge >= 0.3 is 0 Å². The van der Waals surface area contributed by atoms with Crippen LogP contribution in [0.5, 0.6) is 0 Å². The Bertz CT molecular complexity index is 133. The van der Waals surface area contributed by atoms with Crippen LogP contribution in [0.15, 0.2) is 17.1 Å². The summed E-state index contributed by atoms with van der Waals surface area (Å²) in [6.07, 6.45) is 6.08. The quantitative estimate of drug-likeness (QED) is 0.465. The second-order valence-electron chi connectivity index (χ2n) is 1.36. The van der Waals surface area contributed by atoms with Gasteiger partial charge in [0.2, 0.25) is 0 Å². The van der Waals surface area contributed by atoms with E-state index in [1.165, 1.54) is 0 Å². The van der Waals surface area contributed by atoms with Crippen molar-refractivity contribution >= 4 is 12.1 Å². The SMILES string of the molecule is N=C1CC=CC=N1. The average Bonchev–Trinajstić information content (AvgIpc) is 1.69. The molecule has 0 radical (unpaired) electrons. The van der Waals surface area contributed by atoms with Gasteiger partial charge < -0.3 is 0 Å². The van der Waals surface area contributed by atoms with Crippen LogP contribution in [0.1, 0.15) is 6.42 Å². The highest BCUT2D eigenvalue weighted by Crippen LogP contribution is 1.91. The first kappa shape index (κ1) is 4.24. The monoisotopic (exact) mass is 94.1 g/mol. The third-order valence-corrected chi connectivity index (χ3v) is 0.764. The molecular weight excluding hydrogens is 88.1 g/mol. The molecular formula is C5H6N2. The molecule has 36 valence electrons. The van der Waals surface area contributed by atoms with E-state index >= 15 is 0 Å². The molecule has 0 spiro atoms. The maximum Gasteiger partial charge on any atom is 0.124 e. The highest BCUT2D eigenvalue weighted by atomic mass is 14.8. The summed E-state index contributed by atoms with van der Waals surface area (Å²) in [5.41, 5.74) is 0. The van der Waals surface area contributed by atoms with E-state index in [1.54, 1.807) is 6.21 Å². The van der Waals surface area contributed by atoms with E-state index in [0.717, 1.165) is 0 Å². The summed E-state index contributed by atoms with van der Waals surface area (Å²) in [5.74, 6) is 0.447. The molecule has 0 unspecified atom stereocenters. The highest BCUT2D eigenvalue weighted by molar-refractivity contribution is 5.94. The van der Waals surface area contributed by atoms with Gasteiger partial charge in [0.15, 0.2) is 0 Å². The van der Waals surface area contributed by atoms with Crippen LogP contribution >= 0.6 is 0 Å². The number of hydrogen-bond donors (Lipinski definition) is 1. The molecule has 1 aliphatic rings. The van der Waals surface area contributed by atoms with Crippen LogP contribution in [0, 0.1) is 5.41 Å². The van der Waals surface area contributed by atoms with Gasteiger partial charge in [0, 0.05) is 12.6 Å². The Morgan fingerprint density at radius 3 is 2.86 bits per heavy atom. The fourth-order valence-electron chi connectivity index (χ4n) is 0.426. The first-order chi connectivity index (χ1) is 3.39. The lowest BCUT2D eigenvalue weighted by atomic mass is 10.3. The van der Waals surface area contributed by atoms with Gasteiger partial charge in [-0.05, 0) is 6.08 Å². The molecule has 0 saturated carbocycles. The van der Waals surface area contributed by atoms with Crippen LogP contribution in [-0.2, 0) is 0 Å². The van der Waals surface area contributed by atoms with Crippen LogP contribution in [0.2, 0.25) is 0 Å². The van der Waals surface area contributed by atoms with Gasteiger partial charge in [-0.3, -0.25) is 5.41 Å². The molecule has 1 N–H and O–H groups in total. The van der Waals surface area contributed by atoms with Crippen LogP contribution < -0.4 is 0 Å². The predicted molar refractivity (Wildman–Crippen MR) is 30.0 cm³/mol. The topological polar surface area (TPSA) is 36.2 Å². The van der Waals surface area contributed by atoms with Crippen molar-refractivity contribution < 1.29 is 0 Å². The highest BCUT2D eigenvalue weighted by Gasteiger charge is 1.88. The van der Waals surface area contributed by atoms with Crippen molar-refractivity contribution in [1.29, 1.82) is 5.41 Å². The van der Waals surface area contributed by atoms with E-state index in [1.807, 2.05) is 12.2 Å². The second kappa shape index (κ2) is 1.69. The molecule has 1 heterocycles. The largest absolute Gasteiger partial charge is 0.286 e. The van der Waals surface area contributed by atoms with E-state index in [-0.39, 0.29) is 0 Å². The molecule has 0 aliphatic carbocycles. The molecule has 2 nitrogen and oxygen atoms in total. The summed E-state index contributed by atoms with van der Waals surface area (Å²) in [7, 11) is 0. The second-order valence-corrected chi connectivity index (χ2v) is 1.36. The van der Waals surface area contributed by atoms with Gasteiger partial charge in [0.1, 0.15) is 5.84 Å². The van der Waals surface area contributed by atoms with Crippen molar-refractivity contribution in [2.75, 3.05) is 0 Å². The molecule has 0 bridgehead atoms. The summed E-state index contributed by atoms with van der Waals surface area (Å²) < 4.78 is 0. The van der Waals surface area contributed by atoms with Crippen molar-refractivity contribution in [2.24, 2.45) is 4.99 Å². The lowest BCUT2D eigenvalue weighted by Gasteiger charge is -1.92. The standard InChI is InChI=1S/C5H6N2/c6-5-3-1-2-4-7-5/h1-2,4,6H,3H2. The van der Waals surface area contributed by atoms with Crippen LogP contribution in [0.4, 0.5) is 0 Å². The van der Waals surface area contributed by atoms with Crippen molar-refractivity contribution in [1.82, 2.24) is 0 Å². The van der Waals surface area contributed by atoms with E-state index in [2.05, 4.69) is 4.99 Å². The smallest absolute Gasteiger partial charge is 0.124 e. The minimum atomic E-state index is 0.447. The van der Waals surface area contributed by atoms with E-state index in [0.29, 0.717) is 12.3 Å². The number of rotatable bonds is 0. The zero-order valence-corrected chi connectivity index (χ0v) is 3.89. The van der Waals surface area contributed by atoms with Crippen LogP contribution in [-0.4, -0.2) is 12.1 Å². The number of amidine groups is 1. The van der Waals surface area contributed by atoms with Gasteiger partial charge in [-0.25, -0.2) is 4.99 Å². The summed E-state index contributed by atoms with van der Waals surface area (Å²) in [4.78, 5) is 3.70. The Kier molecular flexibility index (Phi) is 1.02. The Hall–Kier alpha value is -0.920. The Labute approximate surface area is 42.1 Å². The molecule has 1 rings (SSSR count). The molecule has 0 atom stereocenters. The minimum absolute atomic E-state index is 0.447. The van der Waals surface area contributed by atoms with Crippen molar-refractivity contribution in [3.63, 3.8) is 0 Å². The molecule has 0 fully saturated rings. The van der Waals surface area contributed by atoms with E-state index in [9.17, 15) is 0 Å². The summed E-state index contributed by atoms with van der Waals surface area (Å²) in [5, 5.41) is 6.94. The molecule has 2 heteroatoms. The molecule has 0 amide bonds. The van der Waals surface area contributed by atoms with Crippen LogP contribution in [0.25, 0.3) is 0 Å².